The van der Waals surface area contributed by atoms with E-state index in [1.807, 2.05) is 0 Å². The third kappa shape index (κ3) is 3.93. The number of aliphatic hydroxyl groups is 1. The quantitative estimate of drug-likeness (QED) is 0.867. The maximum Gasteiger partial charge on any atom is 0.123 e. The largest absolute Gasteiger partial charge is 0.385 e. The number of hydrogen-bond acceptors (Lipinski definition) is 3. The molecule has 27 heavy (non-hydrogen) atoms. The Morgan fingerprint density at radius 2 is 1.52 bits per heavy atom. The van der Waals surface area contributed by atoms with Gasteiger partial charge in [-0.1, -0.05) is 36.4 Å². The van der Waals surface area contributed by atoms with Crippen LogP contribution in [0.5, 0.6) is 0 Å². The molecule has 0 aromatic heterocycles. The molecule has 2 heterocycles. The van der Waals surface area contributed by atoms with Crippen molar-refractivity contribution in [1.82, 2.24) is 9.80 Å². The Kier molecular flexibility index (Phi) is 5.06. The number of piperidine rings is 1. The molecule has 0 unspecified atom stereocenters. The van der Waals surface area contributed by atoms with Crippen LogP contribution in [0.4, 0.5) is 4.39 Å². The van der Waals surface area contributed by atoms with E-state index in [9.17, 15) is 9.50 Å². The van der Waals surface area contributed by atoms with Gasteiger partial charge in [-0.25, -0.2) is 4.39 Å². The third-order valence-corrected chi connectivity index (χ3v) is 6.19. The summed E-state index contributed by atoms with van der Waals surface area (Å²) in [7, 11) is 4.17. The molecule has 2 aromatic rings. The van der Waals surface area contributed by atoms with Gasteiger partial charge in [-0.05, 0) is 68.6 Å². The van der Waals surface area contributed by atoms with Crippen LogP contribution in [0, 0.1) is 5.82 Å². The van der Waals surface area contributed by atoms with Crippen molar-refractivity contribution in [3.63, 3.8) is 0 Å². The minimum atomic E-state index is -0.828. The van der Waals surface area contributed by atoms with E-state index < -0.39 is 5.60 Å². The Morgan fingerprint density at radius 1 is 0.963 bits per heavy atom. The fourth-order valence-electron chi connectivity index (χ4n) is 4.90. The number of benzene rings is 2. The summed E-state index contributed by atoms with van der Waals surface area (Å²) in [6.07, 6.45) is 3.72. The van der Waals surface area contributed by atoms with Crippen molar-refractivity contribution in [2.24, 2.45) is 0 Å². The van der Waals surface area contributed by atoms with Gasteiger partial charge in [-0.2, -0.15) is 0 Å². The number of halogens is 1. The highest BCUT2D eigenvalue weighted by atomic mass is 19.1. The Morgan fingerprint density at radius 3 is 2.07 bits per heavy atom. The Hall–Kier alpha value is -1.75. The molecule has 2 saturated heterocycles. The molecule has 2 aromatic carbocycles. The third-order valence-electron chi connectivity index (χ3n) is 6.19. The van der Waals surface area contributed by atoms with E-state index in [2.05, 4.69) is 48.2 Å². The average Bonchev–Trinajstić information content (AvgIpc) is 2.87. The molecule has 0 saturated carbocycles. The van der Waals surface area contributed by atoms with Crippen LogP contribution in [0.3, 0.4) is 0 Å². The maximum absolute atomic E-state index is 13.3. The van der Waals surface area contributed by atoms with Crippen LogP contribution in [0.1, 0.15) is 42.4 Å². The lowest BCUT2D eigenvalue weighted by Gasteiger charge is -2.44. The first-order chi connectivity index (χ1) is 12.9. The van der Waals surface area contributed by atoms with Crippen molar-refractivity contribution in [2.75, 3.05) is 14.1 Å². The molecule has 0 amide bonds. The zero-order chi connectivity index (χ0) is 19.0. The van der Waals surface area contributed by atoms with E-state index in [-0.39, 0.29) is 5.82 Å². The molecular formula is C23H29FN2O. The minimum Gasteiger partial charge on any atom is -0.385 e. The second kappa shape index (κ2) is 7.34. The molecule has 3 nitrogen and oxygen atoms in total. The lowest BCUT2D eigenvalue weighted by molar-refractivity contribution is -0.0595. The van der Waals surface area contributed by atoms with Gasteiger partial charge in [0, 0.05) is 25.2 Å². The van der Waals surface area contributed by atoms with Crippen LogP contribution in [0.25, 0.3) is 0 Å². The molecule has 1 N–H and O–H groups in total. The summed E-state index contributed by atoms with van der Waals surface area (Å²) < 4.78 is 13.3. The number of fused-ring (bicyclic) bond motifs is 2. The van der Waals surface area contributed by atoms with Crippen LogP contribution < -0.4 is 0 Å². The number of rotatable bonds is 5. The van der Waals surface area contributed by atoms with Crippen molar-refractivity contribution >= 4 is 0 Å². The highest BCUT2D eigenvalue weighted by molar-refractivity contribution is 5.27. The highest BCUT2D eigenvalue weighted by Crippen LogP contribution is 2.46. The molecule has 4 rings (SSSR count). The van der Waals surface area contributed by atoms with Crippen LogP contribution in [0.15, 0.2) is 48.5 Å². The van der Waals surface area contributed by atoms with Crippen molar-refractivity contribution in [2.45, 2.75) is 56.5 Å². The van der Waals surface area contributed by atoms with Crippen molar-refractivity contribution in [1.29, 1.82) is 0 Å². The van der Waals surface area contributed by atoms with E-state index in [0.29, 0.717) is 12.1 Å². The summed E-state index contributed by atoms with van der Waals surface area (Å²) in [5.41, 5.74) is 2.69. The topological polar surface area (TPSA) is 26.7 Å². The first-order valence-corrected chi connectivity index (χ1v) is 9.90. The summed E-state index contributed by atoms with van der Waals surface area (Å²) in [6, 6.07) is 16.1. The number of nitrogens with zero attached hydrogens (tertiary/aromatic N) is 2. The monoisotopic (exact) mass is 368 g/mol. The van der Waals surface area contributed by atoms with Gasteiger partial charge in [0.15, 0.2) is 0 Å². The lowest BCUT2D eigenvalue weighted by atomic mass is 9.80. The van der Waals surface area contributed by atoms with Crippen molar-refractivity contribution in [3.8, 4) is 0 Å². The van der Waals surface area contributed by atoms with Crippen molar-refractivity contribution < 1.29 is 9.50 Å². The van der Waals surface area contributed by atoms with Gasteiger partial charge < -0.3 is 10.0 Å². The molecule has 2 fully saturated rings. The molecular weight excluding hydrogens is 339 g/mol. The lowest BCUT2D eigenvalue weighted by Crippen LogP contribution is -2.49. The molecule has 0 spiro atoms. The van der Waals surface area contributed by atoms with Gasteiger partial charge in [0.2, 0.25) is 0 Å². The van der Waals surface area contributed by atoms with Gasteiger partial charge >= 0.3 is 0 Å². The van der Waals surface area contributed by atoms with E-state index in [4.69, 9.17) is 0 Å². The van der Waals surface area contributed by atoms with Crippen molar-refractivity contribution in [3.05, 3.63) is 71.0 Å². The summed E-state index contributed by atoms with van der Waals surface area (Å²) in [6.45, 7) is 1.90. The van der Waals surface area contributed by atoms with Gasteiger partial charge in [0.1, 0.15) is 5.82 Å². The molecule has 0 aliphatic carbocycles. The first kappa shape index (κ1) is 18.6. The van der Waals surface area contributed by atoms with Gasteiger partial charge in [-0.15, -0.1) is 0 Å². The summed E-state index contributed by atoms with van der Waals surface area (Å²) in [5, 5.41) is 11.3. The van der Waals surface area contributed by atoms with Crippen LogP contribution >= 0.6 is 0 Å². The predicted molar refractivity (Wildman–Crippen MR) is 106 cm³/mol. The zero-order valence-corrected chi connectivity index (χ0v) is 16.2. The summed E-state index contributed by atoms with van der Waals surface area (Å²) in [5.74, 6) is -0.250. The molecule has 0 radical (unpaired) electrons. The molecule has 2 aliphatic rings. The van der Waals surface area contributed by atoms with Gasteiger partial charge in [-0.3, -0.25) is 4.90 Å². The van der Waals surface area contributed by atoms with E-state index >= 15 is 0 Å². The fourth-order valence-corrected chi connectivity index (χ4v) is 4.90. The fraction of sp³-hybridized carbons (Fsp3) is 0.478. The second-order valence-corrected chi connectivity index (χ2v) is 8.56. The number of hydrogen-bond donors (Lipinski definition) is 1. The Balaban J connectivity index is 1.45. The smallest absolute Gasteiger partial charge is 0.123 e. The van der Waals surface area contributed by atoms with E-state index in [1.165, 1.54) is 23.3 Å². The first-order valence-electron chi connectivity index (χ1n) is 9.90. The predicted octanol–water partition coefficient (Wildman–Crippen LogP) is 3.90. The van der Waals surface area contributed by atoms with E-state index in [0.717, 1.165) is 44.3 Å². The molecule has 2 atom stereocenters. The highest BCUT2D eigenvalue weighted by Gasteiger charge is 2.48. The normalized spacial score (nSPS) is 28.0. The van der Waals surface area contributed by atoms with Gasteiger partial charge in [0.25, 0.3) is 0 Å². The van der Waals surface area contributed by atoms with Crippen LogP contribution in [-0.2, 0) is 18.7 Å². The van der Waals surface area contributed by atoms with E-state index in [1.54, 1.807) is 12.1 Å². The summed E-state index contributed by atoms with van der Waals surface area (Å²) in [4.78, 5) is 4.75. The average molecular weight is 368 g/mol. The SMILES string of the molecule is CN(C)Cc1ccc(CN2[C@H]3CC[C@H]2CC(O)(c2ccc(F)cc2)C3)cc1. The standard InChI is InChI=1S/C23H29FN2O/c1-25(2)15-17-3-5-18(6-4-17)16-26-21-11-12-22(26)14-23(27,13-21)19-7-9-20(24)10-8-19/h3-10,21-22,27H,11-16H2,1-2H3/t21-,22-/m0/s1. The minimum absolute atomic E-state index is 0.250. The second-order valence-electron chi connectivity index (χ2n) is 8.56. The Labute approximate surface area is 161 Å². The summed E-state index contributed by atoms with van der Waals surface area (Å²) >= 11 is 0. The molecule has 4 heteroatoms. The molecule has 2 aliphatic heterocycles. The van der Waals surface area contributed by atoms with Crippen LogP contribution in [0.2, 0.25) is 0 Å². The molecule has 2 bridgehead atoms. The maximum atomic E-state index is 13.3. The van der Waals surface area contributed by atoms with Crippen LogP contribution in [-0.4, -0.2) is 41.1 Å². The van der Waals surface area contributed by atoms with Gasteiger partial charge in [0.05, 0.1) is 5.60 Å². The Bertz CT molecular complexity index is 758. The molecule has 144 valence electrons. The zero-order valence-electron chi connectivity index (χ0n) is 16.2.